The van der Waals surface area contributed by atoms with Crippen molar-refractivity contribution in [2.75, 3.05) is 0 Å². The molecule has 3 N–H and O–H groups in total. The fourth-order valence-electron chi connectivity index (χ4n) is 1.81. The van der Waals surface area contributed by atoms with E-state index in [2.05, 4.69) is 0 Å². The zero-order valence-corrected chi connectivity index (χ0v) is 12.9. The van der Waals surface area contributed by atoms with E-state index in [9.17, 15) is 24.6 Å². The van der Waals surface area contributed by atoms with Crippen molar-refractivity contribution in [2.24, 2.45) is 0 Å². The van der Waals surface area contributed by atoms with Crippen LogP contribution in [-0.4, -0.2) is 25.8 Å². The molecule has 0 saturated heterocycles. The van der Waals surface area contributed by atoms with Crippen LogP contribution in [0.25, 0.3) is 0 Å². The normalized spacial score (nSPS) is 12.5. The average Bonchev–Trinajstić information content (AvgIpc) is 2.54. The molecule has 0 aliphatic carbocycles. The molecule has 9 nitrogen and oxygen atoms in total. The largest absolute Gasteiger partial charge is 0.423 e. The van der Waals surface area contributed by atoms with Gasteiger partial charge in [-0.05, 0) is 23.8 Å². The van der Waals surface area contributed by atoms with Crippen LogP contribution in [0.15, 0.2) is 48.5 Å². The summed E-state index contributed by atoms with van der Waals surface area (Å²) in [6.45, 7) is 0. The lowest BCUT2D eigenvalue weighted by Crippen LogP contribution is -2.09. The van der Waals surface area contributed by atoms with Gasteiger partial charge in [-0.25, -0.2) is 4.79 Å². The Morgan fingerprint density at radius 1 is 1.17 bits per heavy atom. The molecule has 126 valence electrons. The summed E-state index contributed by atoms with van der Waals surface area (Å²) in [7, 11) is -4.70. The van der Waals surface area contributed by atoms with Crippen molar-refractivity contribution >= 4 is 19.3 Å². The molecule has 2 rings (SSSR count). The van der Waals surface area contributed by atoms with Crippen LogP contribution in [0.5, 0.6) is 5.75 Å². The molecule has 0 heterocycles. The van der Waals surface area contributed by atoms with E-state index >= 15 is 0 Å². The molecule has 2 aromatic carbocycles. The van der Waals surface area contributed by atoms with Crippen LogP contribution in [0.1, 0.15) is 21.8 Å². The Morgan fingerprint density at radius 2 is 1.79 bits per heavy atom. The first kappa shape index (κ1) is 17.8. The van der Waals surface area contributed by atoms with Crippen molar-refractivity contribution in [2.45, 2.75) is 5.85 Å². The number of esters is 1. The van der Waals surface area contributed by atoms with Crippen molar-refractivity contribution in [1.82, 2.24) is 0 Å². The molecule has 0 fully saturated rings. The lowest BCUT2D eigenvalue weighted by Gasteiger charge is -2.13. The molecule has 0 bridgehead atoms. The number of nitro groups is 1. The van der Waals surface area contributed by atoms with Gasteiger partial charge in [0.05, 0.1) is 10.5 Å². The summed E-state index contributed by atoms with van der Waals surface area (Å²) >= 11 is 0. The minimum Gasteiger partial charge on any atom is -0.423 e. The molecule has 0 radical (unpaired) electrons. The van der Waals surface area contributed by atoms with Crippen LogP contribution in [-0.2, 0) is 4.57 Å². The maximum Gasteiger partial charge on any atom is 0.358 e. The molecule has 0 aliphatic rings. The van der Waals surface area contributed by atoms with Crippen LogP contribution >= 0.6 is 7.60 Å². The number of nitrogens with zero attached hydrogens (tertiary/aromatic N) is 1. The monoisotopic (exact) mass is 353 g/mol. The summed E-state index contributed by atoms with van der Waals surface area (Å²) in [4.78, 5) is 39.8. The van der Waals surface area contributed by atoms with Gasteiger partial charge in [-0.3, -0.25) is 14.7 Å². The van der Waals surface area contributed by atoms with Crippen molar-refractivity contribution in [3.05, 3.63) is 69.8 Å². The fraction of sp³-hybridized carbons (Fsp3) is 0.0714. The number of benzene rings is 2. The first-order valence-electron chi connectivity index (χ1n) is 6.48. The minimum atomic E-state index is -4.70. The standard InChI is InChI=1S/C14H12NO8P/c16-13(10-2-1-3-11(8-10)15(18)19)23-12-6-4-9(5-7-12)14(17)24(20,21)22/h1-8,14,17H,(H2,20,21,22). The average molecular weight is 353 g/mol. The zero-order chi connectivity index (χ0) is 17.9. The highest BCUT2D eigenvalue weighted by Gasteiger charge is 2.27. The van der Waals surface area contributed by atoms with Crippen LogP contribution in [0, 0.1) is 10.1 Å². The molecular formula is C14H12NO8P. The third-order valence-corrected chi connectivity index (χ3v) is 3.94. The highest BCUT2D eigenvalue weighted by Crippen LogP contribution is 2.49. The van der Waals surface area contributed by atoms with Gasteiger partial charge in [-0.1, -0.05) is 18.2 Å². The second-order valence-corrected chi connectivity index (χ2v) is 6.40. The fourth-order valence-corrected chi connectivity index (χ4v) is 2.38. The number of hydrogen-bond acceptors (Lipinski definition) is 6. The molecule has 2 aromatic rings. The number of carbonyl (C=O) groups is 1. The summed E-state index contributed by atoms with van der Waals surface area (Å²) in [6, 6.07) is 9.85. The van der Waals surface area contributed by atoms with E-state index in [0.717, 1.165) is 6.07 Å². The van der Waals surface area contributed by atoms with Gasteiger partial charge < -0.3 is 19.6 Å². The Hall–Kier alpha value is -2.58. The molecule has 0 amide bonds. The topological polar surface area (TPSA) is 147 Å². The quantitative estimate of drug-likeness (QED) is 0.243. The predicted octanol–water partition coefficient (Wildman–Crippen LogP) is 1.98. The van der Waals surface area contributed by atoms with E-state index in [1.807, 2.05) is 0 Å². The first-order chi connectivity index (χ1) is 11.2. The molecule has 1 unspecified atom stereocenters. The number of rotatable bonds is 5. The maximum absolute atomic E-state index is 11.9. The SMILES string of the molecule is O=C(Oc1ccc(C(O)P(=O)(O)O)cc1)c1cccc([N+](=O)[O-])c1. The van der Waals surface area contributed by atoms with Crippen molar-refractivity contribution < 1.29 is 33.9 Å². The second-order valence-electron chi connectivity index (χ2n) is 4.73. The van der Waals surface area contributed by atoms with Crippen molar-refractivity contribution in [3.8, 4) is 5.75 Å². The van der Waals surface area contributed by atoms with E-state index in [0.29, 0.717) is 0 Å². The highest BCUT2D eigenvalue weighted by molar-refractivity contribution is 7.51. The van der Waals surface area contributed by atoms with Gasteiger partial charge in [0.1, 0.15) is 5.75 Å². The summed E-state index contributed by atoms with van der Waals surface area (Å²) in [5.74, 6) is -2.76. The number of hydrogen-bond donors (Lipinski definition) is 3. The number of non-ortho nitro benzene ring substituents is 1. The number of aliphatic hydroxyl groups is 1. The number of nitro benzene ring substituents is 1. The predicted molar refractivity (Wildman–Crippen MR) is 81.5 cm³/mol. The van der Waals surface area contributed by atoms with Crippen LogP contribution in [0.3, 0.4) is 0 Å². The van der Waals surface area contributed by atoms with Gasteiger partial charge in [0.15, 0.2) is 5.85 Å². The Bertz CT molecular complexity index is 814. The van der Waals surface area contributed by atoms with E-state index in [-0.39, 0.29) is 22.6 Å². The van der Waals surface area contributed by atoms with Gasteiger partial charge in [0, 0.05) is 12.1 Å². The Kier molecular flexibility index (Phi) is 5.10. The minimum absolute atomic E-state index is 0.0245. The Labute approximate surface area is 135 Å². The molecule has 0 aliphatic heterocycles. The second kappa shape index (κ2) is 6.90. The molecule has 1 atom stereocenters. The molecule has 0 aromatic heterocycles. The molecule has 10 heteroatoms. The van der Waals surface area contributed by atoms with Gasteiger partial charge in [-0.15, -0.1) is 0 Å². The molecule has 24 heavy (non-hydrogen) atoms. The number of aliphatic hydroxyl groups excluding tert-OH is 1. The third kappa shape index (κ3) is 4.24. The zero-order valence-electron chi connectivity index (χ0n) is 12.0. The smallest absolute Gasteiger partial charge is 0.358 e. The van der Waals surface area contributed by atoms with Crippen LogP contribution in [0.4, 0.5) is 5.69 Å². The van der Waals surface area contributed by atoms with Crippen LogP contribution in [0.2, 0.25) is 0 Å². The van der Waals surface area contributed by atoms with Crippen LogP contribution < -0.4 is 4.74 Å². The maximum atomic E-state index is 11.9. The third-order valence-electron chi connectivity index (χ3n) is 3.00. The van der Waals surface area contributed by atoms with E-state index < -0.39 is 24.3 Å². The first-order valence-corrected chi connectivity index (χ1v) is 8.16. The van der Waals surface area contributed by atoms with Gasteiger partial charge >= 0.3 is 13.6 Å². The lowest BCUT2D eigenvalue weighted by molar-refractivity contribution is -0.384. The van der Waals surface area contributed by atoms with Gasteiger partial charge in [-0.2, -0.15) is 0 Å². The van der Waals surface area contributed by atoms with E-state index in [1.54, 1.807) is 0 Å². The van der Waals surface area contributed by atoms with Gasteiger partial charge in [0.25, 0.3) is 5.69 Å². The summed E-state index contributed by atoms with van der Waals surface area (Å²) < 4.78 is 16.0. The molecular weight excluding hydrogens is 341 g/mol. The summed E-state index contributed by atoms with van der Waals surface area (Å²) in [6.07, 6.45) is 0. The summed E-state index contributed by atoms with van der Waals surface area (Å²) in [5, 5.41) is 20.1. The Morgan fingerprint density at radius 3 is 2.33 bits per heavy atom. The Balaban J connectivity index is 2.14. The number of ether oxygens (including phenoxy) is 1. The van der Waals surface area contributed by atoms with E-state index in [4.69, 9.17) is 14.5 Å². The van der Waals surface area contributed by atoms with Crippen molar-refractivity contribution in [3.63, 3.8) is 0 Å². The highest BCUT2D eigenvalue weighted by atomic mass is 31.2. The van der Waals surface area contributed by atoms with Gasteiger partial charge in [0.2, 0.25) is 0 Å². The van der Waals surface area contributed by atoms with Crippen molar-refractivity contribution in [1.29, 1.82) is 0 Å². The molecule has 0 spiro atoms. The summed E-state index contributed by atoms with van der Waals surface area (Å²) in [5.41, 5.74) is -0.327. The molecule has 0 saturated carbocycles. The van der Waals surface area contributed by atoms with E-state index in [1.165, 1.54) is 42.5 Å². The number of carbonyl (C=O) groups excluding carboxylic acids is 1. The lowest BCUT2D eigenvalue weighted by atomic mass is 10.2.